The fourth-order valence-electron chi connectivity index (χ4n) is 1.98. The Morgan fingerprint density at radius 2 is 2.31 bits per heavy atom. The molecule has 1 saturated heterocycles. The smallest absolute Gasteiger partial charge is 0.148 e. The second kappa shape index (κ2) is 5.50. The number of rotatable bonds is 3. The predicted octanol–water partition coefficient (Wildman–Crippen LogP) is 0.892. The van der Waals surface area contributed by atoms with Crippen molar-refractivity contribution in [3.63, 3.8) is 0 Å². The second-order valence-electron chi connectivity index (χ2n) is 4.17. The molecule has 16 heavy (non-hydrogen) atoms. The molecule has 2 atom stereocenters. The van der Waals surface area contributed by atoms with Crippen LogP contribution in [0.25, 0.3) is 0 Å². The van der Waals surface area contributed by atoms with E-state index < -0.39 is 10.8 Å². The number of hydrogen-bond acceptors (Lipinski definition) is 4. The molecule has 1 aromatic rings. The van der Waals surface area contributed by atoms with Gasteiger partial charge in [0.1, 0.15) is 5.03 Å². The molecule has 0 amide bonds. The zero-order valence-electron chi connectivity index (χ0n) is 9.48. The van der Waals surface area contributed by atoms with E-state index in [4.69, 9.17) is 0 Å². The maximum absolute atomic E-state index is 12.1. The molecule has 0 bridgehead atoms. The standard InChI is InChI=1S/C11H17N3OS/c1-9-11(14-6-5-13-9)16(15)8-10-3-2-4-12-7-10/h5-6,10,12H,2-4,7-8H2,1H3/t10-,16+/m0/s1. The summed E-state index contributed by atoms with van der Waals surface area (Å²) < 4.78 is 12.1. The first kappa shape index (κ1) is 11.7. The van der Waals surface area contributed by atoms with E-state index in [0.717, 1.165) is 25.2 Å². The Balaban J connectivity index is 2.00. The first-order valence-corrected chi connectivity index (χ1v) is 6.96. The predicted molar refractivity (Wildman–Crippen MR) is 63.6 cm³/mol. The van der Waals surface area contributed by atoms with Gasteiger partial charge in [-0.2, -0.15) is 0 Å². The Morgan fingerprint density at radius 3 is 3.00 bits per heavy atom. The minimum absolute atomic E-state index is 0.510. The second-order valence-corrected chi connectivity index (χ2v) is 5.58. The van der Waals surface area contributed by atoms with Crippen LogP contribution >= 0.6 is 0 Å². The Kier molecular flexibility index (Phi) is 4.01. The van der Waals surface area contributed by atoms with Crippen LogP contribution in [0.5, 0.6) is 0 Å². The quantitative estimate of drug-likeness (QED) is 0.851. The third kappa shape index (κ3) is 2.86. The average molecular weight is 239 g/mol. The van der Waals surface area contributed by atoms with Crippen molar-refractivity contribution in [1.82, 2.24) is 15.3 Å². The van der Waals surface area contributed by atoms with E-state index in [1.165, 1.54) is 6.42 Å². The average Bonchev–Trinajstić information content (AvgIpc) is 2.31. The van der Waals surface area contributed by atoms with Gasteiger partial charge in [0.15, 0.2) is 0 Å². The summed E-state index contributed by atoms with van der Waals surface area (Å²) >= 11 is 0. The summed E-state index contributed by atoms with van der Waals surface area (Å²) in [6.07, 6.45) is 5.59. The highest BCUT2D eigenvalue weighted by molar-refractivity contribution is 7.85. The molecular formula is C11H17N3OS. The molecule has 1 fully saturated rings. The summed E-state index contributed by atoms with van der Waals surface area (Å²) in [7, 11) is -1.01. The summed E-state index contributed by atoms with van der Waals surface area (Å²) in [4.78, 5) is 8.28. The van der Waals surface area contributed by atoms with Gasteiger partial charge in [-0.05, 0) is 38.8 Å². The van der Waals surface area contributed by atoms with Crippen LogP contribution in [0.4, 0.5) is 0 Å². The summed E-state index contributed by atoms with van der Waals surface area (Å²) in [6, 6.07) is 0. The van der Waals surface area contributed by atoms with Crippen molar-refractivity contribution < 1.29 is 4.21 Å². The fraction of sp³-hybridized carbons (Fsp3) is 0.636. The van der Waals surface area contributed by atoms with E-state index in [9.17, 15) is 4.21 Å². The van der Waals surface area contributed by atoms with Gasteiger partial charge >= 0.3 is 0 Å². The Bertz CT molecular complexity index is 377. The summed E-state index contributed by atoms with van der Waals surface area (Å²) in [5.74, 6) is 1.21. The van der Waals surface area contributed by atoms with Crippen LogP contribution in [0.2, 0.25) is 0 Å². The van der Waals surface area contributed by atoms with Crippen molar-refractivity contribution in [3.8, 4) is 0 Å². The maximum atomic E-state index is 12.1. The zero-order chi connectivity index (χ0) is 11.4. The normalized spacial score (nSPS) is 22.9. The Labute approximate surface area is 98.3 Å². The monoisotopic (exact) mass is 239 g/mol. The summed E-state index contributed by atoms with van der Waals surface area (Å²) in [5, 5.41) is 3.98. The summed E-state index contributed by atoms with van der Waals surface area (Å²) in [5.41, 5.74) is 0.782. The van der Waals surface area contributed by atoms with Gasteiger partial charge in [0.2, 0.25) is 0 Å². The molecule has 5 heteroatoms. The lowest BCUT2D eigenvalue weighted by Gasteiger charge is -2.22. The van der Waals surface area contributed by atoms with Crippen molar-refractivity contribution in [2.24, 2.45) is 5.92 Å². The molecule has 0 aliphatic carbocycles. The minimum Gasteiger partial charge on any atom is -0.316 e. The molecule has 1 N–H and O–H groups in total. The van der Waals surface area contributed by atoms with Crippen molar-refractivity contribution in [1.29, 1.82) is 0 Å². The highest BCUT2D eigenvalue weighted by Crippen LogP contribution is 2.15. The summed E-state index contributed by atoms with van der Waals surface area (Å²) in [6.45, 7) is 3.93. The highest BCUT2D eigenvalue weighted by atomic mass is 32.2. The molecule has 1 aliphatic heterocycles. The van der Waals surface area contributed by atoms with Crippen LogP contribution in [-0.2, 0) is 10.8 Å². The molecule has 0 radical (unpaired) electrons. The minimum atomic E-state index is -1.01. The Morgan fingerprint density at radius 1 is 1.50 bits per heavy atom. The number of aromatic nitrogens is 2. The van der Waals surface area contributed by atoms with Crippen LogP contribution in [-0.4, -0.2) is 33.0 Å². The van der Waals surface area contributed by atoms with E-state index in [1.807, 2.05) is 6.92 Å². The van der Waals surface area contributed by atoms with E-state index >= 15 is 0 Å². The van der Waals surface area contributed by atoms with Crippen molar-refractivity contribution in [2.75, 3.05) is 18.8 Å². The highest BCUT2D eigenvalue weighted by Gasteiger charge is 2.18. The van der Waals surface area contributed by atoms with Gasteiger partial charge in [-0.3, -0.25) is 9.19 Å². The van der Waals surface area contributed by atoms with Crippen molar-refractivity contribution >= 4 is 10.8 Å². The molecule has 1 aromatic heterocycles. The van der Waals surface area contributed by atoms with Gasteiger partial charge in [-0.1, -0.05) is 0 Å². The number of nitrogens with one attached hydrogen (secondary N) is 1. The number of piperidine rings is 1. The van der Waals surface area contributed by atoms with Crippen LogP contribution in [0, 0.1) is 12.8 Å². The molecule has 0 unspecified atom stereocenters. The van der Waals surface area contributed by atoms with Gasteiger partial charge in [-0.25, -0.2) is 4.98 Å². The van der Waals surface area contributed by atoms with Crippen LogP contribution in [0.15, 0.2) is 17.4 Å². The molecule has 88 valence electrons. The topological polar surface area (TPSA) is 54.9 Å². The lowest BCUT2D eigenvalue weighted by Crippen LogP contribution is -2.32. The third-order valence-electron chi connectivity index (χ3n) is 2.84. The van der Waals surface area contributed by atoms with E-state index in [-0.39, 0.29) is 0 Å². The Hall–Kier alpha value is -0.810. The third-order valence-corrected chi connectivity index (χ3v) is 4.44. The van der Waals surface area contributed by atoms with E-state index in [2.05, 4.69) is 15.3 Å². The van der Waals surface area contributed by atoms with Gasteiger partial charge in [0.25, 0.3) is 0 Å². The van der Waals surface area contributed by atoms with E-state index in [1.54, 1.807) is 12.4 Å². The molecular weight excluding hydrogens is 222 g/mol. The van der Waals surface area contributed by atoms with Gasteiger partial charge < -0.3 is 5.32 Å². The largest absolute Gasteiger partial charge is 0.316 e. The molecule has 0 aromatic carbocycles. The molecule has 1 aliphatic rings. The van der Waals surface area contributed by atoms with Gasteiger partial charge in [-0.15, -0.1) is 0 Å². The molecule has 0 spiro atoms. The molecule has 2 heterocycles. The SMILES string of the molecule is Cc1nccnc1[S@](=O)C[C@H]1CCCNC1. The molecule has 2 rings (SSSR count). The lowest BCUT2D eigenvalue weighted by atomic mass is 10.0. The number of nitrogens with zero attached hydrogens (tertiary/aromatic N) is 2. The lowest BCUT2D eigenvalue weighted by molar-refractivity contribution is 0.407. The fourth-order valence-corrected chi connectivity index (χ4v) is 3.41. The number of aryl methyl sites for hydroxylation is 1. The first-order valence-electron chi connectivity index (χ1n) is 5.64. The van der Waals surface area contributed by atoms with Crippen LogP contribution in [0.3, 0.4) is 0 Å². The first-order chi connectivity index (χ1) is 7.77. The molecule has 4 nitrogen and oxygen atoms in total. The maximum Gasteiger partial charge on any atom is 0.148 e. The van der Waals surface area contributed by atoms with Crippen molar-refractivity contribution in [3.05, 3.63) is 18.1 Å². The van der Waals surface area contributed by atoms with Gasteiger partial charge in [0.05, 0.1) is 16.5 Å². The van der Waals surface area contributed by atoms with Crippen molar-refractivity contribution in [2.45, 2.75) is 24.8 Å². The number of hydrogen-bond donors (Lipinski definition) is 1. The van der Waals surface area contributed by atoms with Crippen LogP contribution < -0.4 is 5.32 Å². The zero-order valence-corrected chi connectivity index (χ0v) is 10.3. The van der Waals surface area contributed by atoms with Gasteiger partial charge in [0, 0.05) is 18.1 Å². The van der Waals surface area contributed by atoms with E-state index in [0.29, 0.717) is 16.7 Å². The molecule has 0 saturated carbocycles. The van der Waals surface area contributed by atoms with Crippen LogP contribution in [0.1, 0.15) is 18.5 Å².